The average Bonchev–Trinajstić information content (AvgIpc) is 3.16. The normalized spacial score (nSPS) is 22.5. The lowest BCUT2D eigenvalue weighted by atomic mass is 9.74. The smallest absolute Gasteiger partial charge is 0.231 e. The van der Waals surface area contributed by atoms with E-state index < -0.39 is 0 Å². The molecule has 0 aliphatic heterocycles. The Bertz CT molecular complexity index is 889. The molecule has 5 heteroatoms. The van der Waals surface area contributed by atoms with Crippen LogP contribution < -0.4 is 10.5 Å². The van der Waals surface area contributed by atoms with Crippen LogP contribution in [0.1, 0.15) is 50.0 Å². The first kappa shape index (κ1) is 17.7. The zero-order valence-corrected chi connectivity index (χ0v) is 15.6. The van der Waals surface area contributed by atoms with Crippen molar-refractivity contribution in [2.45, 2.75) is 50.7 Å². The fourth-order valence-electron chi connectivity index (χ4n) is 3.76. The van der Waals surface area contributed by atoms with E-state index in [1.807, 2.05) is 54.6 Å². The zero-order valence-electron chi connectivity index (χ0n) is 15.6. The maximum Gasteiger partial charge on any atom is 0.231 e. The van der Waals surface area contributed by atoms with E-state index in [1.54, 1.807) is 0 Å². The molecule has 140 valence electrons. The quantitative estimate of drug-likeness (QED) is 0.712. The molecule has 0 spiro atoms. The van der Waals surface area contributed by atoms with Crippen molar-refractivity contribution in [1.29, 1.82) is 0 Å². The SMILES string of the molecule is CC1(N)CCCCC1c1nc(-c2ccccc2OCc2ccccc2)no1. The Hall–Kier alpha value is -2.66. The van der Waals surface area contributed by atoms with Gasteiger partial charge in [0.25, 0.3) is 0 Å². The van der Waals surface area contributed by atoms with Crippen LogP contribution in [0.4, 0.5) is 0 Å². The van der Waals surface area contributed by atoms with Gasteiger partial charge in [0, 0.05) is 5.54 Å². The third-order valence-corrected chi connectivity index (χ3v) is 5.36. The van der Waals surface area contributed by atoms with E-state index in [0.717, 1.165) is 42.6 Å². The molecule has 0 saturated heterocycles. The van der Waals surface area contributed by atoms with Gasteiger partial charge in [0.05, 0.1) is 11.5 Å². The van der Waals surface area contributed by atoms with Crippen molar-refractivity contribution in [2.75, 3.05) is 0 Å². The summed E-state index contributed by atoms with van der Waals surface area (Å²) in [5.74, 6) is 2.03. The molecule has 1 aliphatic rings. The van der Waals surface area contributed by atoms with Gasteiger partial charge in [-0.1, -0.05) is 60.5 Å². The molecule has 3 aromatic rings. The highest BCUT2D eigenvalue weighted by molar-refractivity contribution is 5.63. The Kier molecular flexibility index (Phi) is 4.94. The van der Waals surface area contributed by atoms with Crippen LogP contribution in [-0.4, -0.2) is 15.7 Å². The second-order valence-corrected chi connectivity index (χ2v) is 7.53. The van der Waals surface area contributed by atoms with Crippen LogP contribution in [0.2, 0.25) is 0 Å². The summed E-state index contributed by atoms with van der Waals surface area (Å²) >= 11 is 0. The standard InChI is InChI=1S/C22H25N3O2/c1-22(23)14-8-7-12-18(22)21-24-20(25-27-21)17-11-5-6-13-19(17)26-15-16-9-3-2-4-10-16/h2-6,9-11,13,18H,7-8,12,14-15,23H2,1H3. The molecular formula is C22H25N3O2. The third-order valence-electron chi connectivity index (χ3n) is 5.36. The summed E-state index contributed by atoms with van der Waals surface area (Å²) in [6.45, 7) is 2.57. The molecule has 2 N–H and O–H groups in total. The van der Waals surface area contributed by atoms with Crippen LogP contribution in [0, 0.1) is 0 Å². The lowest BCUT2D eigenvalue weighted by Crippen LogP contribution is -2.44. The summed E-state index contributed by atoms with van der Waals surface area (Å²) in [4.78, 5) is 4.68. The van der Waals surface area contributed by atoms with Crippen molar-refractivity contribution in [3.8, 4) is 17.1 Å². The Morgan fingerprint density at radius 2 is 1.89 bits per heavy atom. The fourth-order valence-corrected chi connectivity index (χ4v) is 3.76. The topological polar surface area (TPSA) is 74.2 Å². The highest BCUT2D eigenvalue weighted by Gasteiger charge is 2.37. The molecule has 0 bridgehead atoms. The minimum Gasteiger partial charge on any atom is -0.488 e. The van der Waals surface area contributed by atoms with E-state index >= 15 is 0 Å². The van der Waals surface area contributed by atoms with Crippen molar-refractivity contribution in [2.24, 2.45) is 5.73 Å². The molecular weight excluding hydrogens is 338 g/mol. The average molecular weight is 363 g/mol. The fraction of sp³-hybridized carbons (Fsp3) is 0.364. The minimum atomic E-state index is -0.300. The lowest BCUT2D eigenvalue weighted by Gasteiger charge is -2.35. The van der Waals surface area contributed by atoms with Crippen LogP contribution in [0.15, 0.2) is 59.1 Å². The van der Waals surface area contributed by atoms with E-state index in [4.69, 9.17) is 15.0 Å². The van der Waals surface area contributed by atoms with Crippen LogP contribution in [-0.2, 0) is 6.61 Å². The van der Waals surface area contributed by atoms with Gasteiger partial charge in [0.2, 0.25) is 11.7 Å². The first-order chi connectivity index (χ1) is 13.1. The number of benzene rings is 2. The molecule has 1 fully saturated rings. The predicted octanol–water partition coefficient (Wildman–Crippen LogP) is 4.69. The molecule has 4 rings (SSSR count). The third kappa shape index (κ3) is 3.88. The number of ether oxygens (including phenoxy) is 1. The lowest BCUT2D eigenvalue weighted by molar-refractivity contribution is 0.223. The monoisotopic (exact) mass is 363 g/mol. The van der Waals surface area contributed by atoms with Gasteiger partial charge < -0.3 is 15.0 Å². The Morgan fingerprint density at radius 3 is 2.70 bits per heavy atom. The van der Waals surface area contributed by atoms with Gasteiger partial charge in [-0.2, -0.15) is 4.98 Å². The van der Waals surface area contributed by atoms with Crippen LogP contribution in [0.3, 0.4) is 0 Å². The molecule has 1 aromatic heterocycles. The van der Waals surface area contributed by atoms with Gasteiger partial charge in [-0.3, -0.25) is 0 Å². The van der Waals surface area contributed by atoms with Crippen LogP contribution >= 0.6 is 0 Å². The van der Waals surface area contributed by atoms with Crippen molar-refractivity contribution in [3.63, 3.8) is 0 Å². The van der Waals surface area contributed by atoms with Gasteiger partial charge in [-0.25, -0.2) is 0 Å². The number of para-hydroxylation sites is 1. The zero-order chi connectivity index (χ0) is 18.7. The van der Waals surface area contributed by atoms with E-state index in [2.05, 4.69) is 17.1 Å². The van der Waals surface area contributed by atoms with Gasteiger partial charge in [-0.15, -0.1) is 0 Å². The summed E-state index contributed by atoms with van der Waals surface area (Å²) in [5, 5.41) is 4.22. The molecule has 2 aromatic carbocycles. The predicted molar refractivity (Wildman–Crippen MR) is 104 cm³/mol. The highest BCUT2D eigenvalue weighted by Crippen LogP contribution is 2.39. The number of hydrogen-bond acceptors (Lipinski definition) is 5. The number of nitrogens with zero attached hydrogens (tertiary/aromatic N) is 2. The number of rotatable bonds is 5. The highest BCUT2D eigenvalue weighted by atomic mass is 16.5. The minimum absolute atomic E-state index is 0.102. The van der Waals surface area contributed by atoms with E-state index in [9.17, 15) is 0 Å². The molecule has 5 nitrogen and oxygen atoms in total. The van der Waals surface area contributed by atoms with E-state index in [-0.39, 0.29) is 11.5 Å². The Labute approximate surface area is 159 Å². The first-order valence-corrected chi connectivity index (χ1v) is 9.52. The largest absolute Gasteiger partial charge is 0.488 e. The van der Waals surface area contributed by atoms with Crippen molar-refractivity contribution < 1.29 is 9.26 Å². The molecule has 2 atom stereocenters. The van der Waals surface area contributed by atoms with Gasteiger partial charge in [0.1, 0.15) is 12.4 Å². The molecule has 1 heterocycles. The number of hydrogen-bond donors (Lipinski definition) is 1. The second kappa shape index (κ2) is 7.53. The summed E-state index contributed by atoms with van der Waals surface area (Å²) in [7, 11) is 0. The van der Waals surface area contributed by atoms with E-state index in [1.165, 1.54) is 0 Å². The maximum absolute atomic E-state index is 6.49. The van der Waals surface area contributed by atoms with Crippen LogP contribution in [0.5, 0.6) is 5.75 Å². The molecule has 0 amide bonds. The Balaban J connectivity index is 1.56. The van der Waals surface area contributed by atoms with Crippen molar-refractivity contribution in [1.82, 2.24) is 10.1 Å². The van der Waals surface area contributed by atoms with Gasteiger partial charge >= 0.3 is 0 Å². The van der Waals surface area contributed by atoms with E-state index in [0.29, 0.717) is 18.3 Å². The second-order valence-electron chi connectivity index (χ2n) is 7.53. The summed E-state index contributed by atoms with van der Waals surface area (Å²) in [6, 6.07) is 17.9. The molecule has 2 unspecified atom stereocenters. The molecule has 0 radical (unpaired) electrons. The molecule has 1 saturated carbocycles. The van der Waals surface area contributed by atoms with Gasteiger partial charge in [-0.05, 0) is 37.5 Å². The number of aromatic nitrogens is 2. The van der Waals surface area contributed by atoms with Crippen molar-refractivity contribution >= 4 is 0 Å². The molecule has 1 aliphatic carbocycles. The Morgan fingerprint density at radius 1 is 1.11 bits per heavy atom. The number of nitrogens with two attached hydrogens (primary N) is 1. The first-order valence-electron chi connectivity index (χ1n) is 9.52. The molecule has 27 heavy (non-hydrogen) atoms. The summed E-state index contributed by atoms with van der Waals surface area (Å²) < 4.78 is 11.6. The summed E-state index contributed by atoms with van der Waals surface area (Å²) in [6.07, 6.45) is 4.26. The maximum atomic E-state index is 6.49. The summed E-state index contributed by atoms with van der Waals surface area (Å²) in [5.41, 5.74) is 8.14. The van der Waals surface area contributed by atoms with Crippen LogP contribution in [0.25, 0.3) is 11.4 Å². The van der Waals surface area contributed by atoms with Gasteiger partial charge in [0.15, 0.2) is 0 Å². The van der Waals surface area contributed by atoms with Crippen molar-refractivity contribution in [3.05, 3.63) is 66.1 Å².